The Balaban J connectivity index is 1.40. The smallest absolute Gasteiger partial charge is 0.308 e. The number of amides is 3. The van der Waals surface area contributed by atoms with E-state index in [9.17, 15) is 19.2 Å². The Bertz CT molecular complexity index is 1770. The van der Waals surface area contributed by atoms with Crippen molar-refractivity contribution in [1.29, 1.82) is 0 Å². The lowest BCUT2D eigenvalue weighted by Crippen LogP contribution is -2.33. The van der Waals surface area contributed by atoms with E-state index in [-0.39, 0.29) is 28.3 Å². The summed E-state index contributed by atoms with van der Waals surface area (Å²) in [6.45, 7) is 1.64. The van der Waals surface area contributed by atoms with Crippen LogP contribution in [0.25, 0.3) is 0 Å². The summed E-state index contributed by atoms with van der Waals surface area (Å²) in [7, 11) is 0. The third-order valence-electron chi connectivity index (χ3n) is 7.08. The number of aromatic nitrogens is 1. The highest BCUT2D eigenvalue weighted by molar-refractivity contribution is 8.00. The zero-order valence-corrected chi connectivity index (χ0v) is 25.2. The van der Waals surface area contributed by atoms with Crippen molar-refractivity contribution >= 4 is 87.0 Å². The van der Waals surface area contributed by atoms with Crippen molar-refractivity contribution in [1.82, 2.24) is 4.57 Å². The summed E-state index contributed by atoms with van der Waals surface area (Å²) in [6.07, 6.45) is 0. The van der Waals surface area contributed by atoms with E-state index in [2.05, 4.69) is 5.32 Å². The maximum absolute atomic E-state index is 13.9. The fourth-order valence-corrected chi connectivity index (χ4v) is 8.35. The predicted octanol–water partition coefficient (Wildman–Crippen LogP) is 6.61. The molecule has 208 valence electrons. The van der Waals surface area contributed by atoms with Crippen LogP contribution in [0.1, 0.15) is 21.9 Å². The number of nitrogens with zero attached hydrogens (tertiary/aromatic N) is 2. The average molecular weight is 645 g/mol. The van der Waals surface area contributed by atoms with Crippen molar-refractivity contribution in [2.45, 2.75) is 29.7 Å². The summed E-state index contributed by atoms with van der Waals surface area (Å²) in [5, 5.41) is 3.61. The molecular weight excluding hydrogens is 625 g/mol. The van der Waals surface area contributed by atoms with Gasteiger partial charge in [-0.1, -0.05) is 87.7 Å². The highest BCUT2D eigenvalue weighted by atomic mass is 35.5. The normalized spacial score (nSPS) is 19.7. The first-order chi connectivity index (χ1) is 19.6. The fourth-order valence-electron chi connectivity index (χ4n) is 5.15. The molecule has 0 bridgehead atoms. The molecule has 0 radical (unpaired) electrons. The fraction of sp³-hybridized carbons (Fsp3) is 0.172. The molecule has 1 fully saturated rings. The second kappa shape index (κ2) is 11.0. The number of aryl methyl sites for hydroxylation is 1. The van der Waals surface area contributed by atoms with Crippen LogP contribution in [0.4, 0.5) is 11.4 Å². The molecule has 3 heterocycles. The van der Waals surface area contributed by atoms with Gasteiger partial charge in [0.05, 0.1) is 26.7 Å². The van der Waals surface area contributed by atoms with Gasteiger partial charge in [-0.05, 0) is 55.0 Å². The number of hydrogen-bond donors (Lipinski definition) is 1. The maximum Gasteiger partial charge on any atom is 0.308 e. The van der Waals surface area contributed by atoms with Crippen LogP contribution < -0.4 is 15.1 Å². The van der Waals surface area contributed by atoms with Crippen LogP contribution in [0.2, 0.25) is 15.1 Å². The molecule has 0 spiro atoms. The molecule has 3 aromatic carbocycles. The standard InChI is InChI=1S/C29H20Cl3N3O4S2/c1-14-2-9-18(10-3-14)35-26(37)23-22(15-4-6-16(30)7-5-15)25-28(40-24(23)27(35)38)34(29(39)41-25)13-21(36)33-17-8-11-19(31)20(32)12-17/h2-12,22-24H,13H2,1H3,(H,33,36). The zero-order chi connectivity index (χ0) is 29.0. The van der Waals surface area contributed by atoms with Crippen molar-refractivity contribution in [2.75, 3.05) is 10.2 Å². The lowest BCUT2D eigenvalue weighted by atomic mass is 9.83. The van der Waals surface area contributed by atoms with E-state index < -0.39 is 23.0 Å². The number of thiazole rings is 1. The first kappa shape index (κ1) is 28.1. The number of carbonyl (C=O) groups is 3. The molecule has 3 unspecified atom stereocenters. The zero-order valence-electron chi connectivity index (χ0n) is 21.3. The highest BCUT2D eigenvalue weighted by Gasteiger charge is 2.56. The average Bonchev–Trinajstić information content (AvgIpc) is 3.38. The van der Waals surface area contributed by atoms with Crippen LogP contribution in [-0.4, -0.2) is 27.5 Å². The molecule has 4 aromatic rings. The van der Waals surface area contributed by atoms with Crippen LogP contribution in [0.3, 0.4) is 0 Å². The molecule has 1 saturated heterocycles. The van der Waals surface area contributed by atoms with Gasteiger partial charge < -0.3 is 5.32 Å². The lowest BCUT2D eigenvalue weighted by Gasteiger charge is -2.30. The molecule has 41 heavy (non-hydrogen) atoms. The number of fused-ring (bicyclic) bond motifs is 2. The summed E-state index contributed by atoms with van der Waals surface area (Å²) in [5.74, 6) is -2.45. The van der Waals surface area contributed by atoms with Gasteiger partial charge in [0, 0.05) is 21.5 Å². The van der Waals surface area contributed by atoms with Crippen molar-refractivity contribution in [3.8, 4) is 0 Å². The molecule has 7 nitrogen and oxygen atoms in total. The Kier molecular flexibility index (Phi) is 7.50. The van der Waals surface area contributed by atoms with Crippen LogP contribution >= 0.6 is 57.9 Å². The molecule has 1 N–H and O–H groups in total. The summed E-state index contributed by atoms with van der Waals surface area (Å²) in [5.41, 5.74) is 2.69. The Labute approximate surface area is 258 Å². The highest BCUT2D eigenvalue weighted by Crippen LogP contribution is 2.54. The van der Waals surface area contributed by atoms with Gasteiger partial charge in [0.2, 0.25) is 17.7 Å². The van der Waals surface area contributed by atoms with Crippen LogP contribution in [-0.2, 0) is 20.9 Å². The number of thioether (sulfide) groups is 1. The van der Waals surface area contributed by atoms with Crippen molar-refractivity contribution < 1.29 is 14.4 Å². The van der Waals surface area contributed by atoms with Gasteiger partial charge in [-0.25, -0.2) is 4.90 Å². The molecular formula is C29H20Cl3N3O4S2. The second-order valence-corrected chi connectivity index (χ2v) is 13.1. The summed E-state index contributed by atoms with van der Waals surface area (Å²) in [6, 6.07) is 18.9. The van der Waals surface area contributed by atoms with Gasteiger partial charge in [0.15, 0.2) is 0 Å². The molecule has 0 saturated carbocycles. The molecule has 3 atom stereocenters. The largest absolute Gasteiger partial charge is 0.324 e. The number of nitrogens with one attached hydrogen (secondary N) is 1. The van der Waals surface area contributed by atoms with Gasteiger partial charge in [-0.2, -0.15) is 0 Å². The molecule has 6 rings (SSSR count). The van der Waals surface area contributed by atoms with E-state index >= 15 is 0 Å². The summed E-state index contributed by atoms with van der Waals surface area (Å²) in [4.78, 5) is 55.5. The third kappa shape index (κ3) is 5.10. The quantitative estimate of drug-likeness (QED) is 0.247. The topological polar surface area (TPSA) is 88.5 Å². The Morgan fingerprint density at radius 3 is 2.29 bits per heavy atom. The number of rotatable bonds is 5. The number of benzene rings is 3. The van der Waals surface area contributed by atoms with E-state index in [1.807, 2.05) is 31.2 Å². The number of imide groups is 1. The minimum absolute atomic E-state index is 0.282. The summed E-state index contributed by atoms with van der Waals surface area (Å²) >= 11 is 20.3. The first-order valence-corrected chi connectivity index (χ1v) is 15.3. The van der Waals surface area contributed by atoms with E-state index in [0.717, 1.165) is 34.2 Å². The predicted molar refractivity (Wildman–Crippen MR) is 164 cm³/mol. The minimum Gasteiger partial charge on any atom is -0.324 e. The monoisotopic (exact) mass is 643 g/mol. The van der Waals surface area contributed by atoms with E-state index in [4.69, 9.17) is 34.8 Å². The molecule has 0 aliphatic carbocycles. The van der Waals surface area contributed by atoms with Crippen LogP contribution in [0.15, 0.2) is 76.6 Å². The first-order valence-electron chi connectivity index (χ1n) is 12.5. The molecule has 12 heteroatoms. The van der Waals surface area contributed by atoms with Crippen molar-refractivity contribution in [3.63, 3.8) is 0 Å². The summed E-state index contributed by atoms with van der Waals surface area (Å²) < 4.78 is 1.36. The maximum atomic E-state index is 13.9. The van der Waals surface area contributed by atoms with Gasteiger partial charge in [-0.15, -0.1) is 0 Å². The molecule has 2 aliphatic rings. The van der Waals surface area contributed by atoms with Gasteiger partial charge >= 0.3 is 4.87 Å². The minimum atomic E-state index is -0.782. The number of hydrogen-bond acceptors (Lipinski definition) is 6. The molecule has 1 aromatic heterocycles. The Hall–Kier alpha value is -3.08. The van der Waals surface area contributed by atoms with E-state index in [1.54, 1.807) is 36.4 Å². The van der Waals surface area contributed by atoms with Gasteiger partial charge in [-0.3, -0.25) is 23.7 Å². The van der Waals surface area contributed by atoms with Crippen molar-refractivity contribution in [2.24, 2.45) is 5.92 Å². The number of halogens is 3. The molecule has 2 aliphatic heterocycles. The number of carbonyl (C=O) groups excluding carboxylic acids is 3. The SMILES string of the molecule is Cc1ccc(N2C(=O)C3Sc4c(sc(=O)n4CC(=O)Nc4ccc(Cl)c(Cl)c4)C(c4ccc(Cl)cc4)C3C2=O)cc1. The Morgan fingerprint density at radius 1 is 0.902 bits per heavy atom. The second-order valence-electron chi connectivity index (χ2n) is 9.74. The van der Waals surface area contributed by atoms with Gasteiger partial charge in [0.1, 0.15) is 11.8 Å². The van der Waals surface area contributed by atoms with E-state index in [1.165, 1.54) is 15.5 Å². The van der Waals surface area contributed by atoms with Crippen molar-refractivity contribution in [3.05, 3.63) is 107 Å². The van der Waals surface area contributed by atoms with Gasteiger partial charge in [0.25, 0.3) is 0 Å². The Morgan fingerprint density at radius 2 is 1.61 bits per heavy atom. The third-order valence-corrected chi connectivity index (χ3v) is 10.7. The van der Waals surface area contributed by atoms with E-state index in [0.29, 0.717) is 31.3 Å². The van der Waals surface area contributed by atoms with Crippen LogP contribution in [0, 0.1) is 12.8 Å². The van der Waals surface area contributed by atoms with Crippen LogP contribution in [0.5, 0.6) is 0 Å². The number of anilines is 2. The lowest BCUT2D eigenvalue weighted by molar-refractivity contribution is -0.122. The molecule has 3 amide bonds.